The van der Waals surface area contributed by atoms with E-state index in [9.17, 15) is 10.2 Å². The molecule has 0 bridgehead atoms. The molecule has 1 aliphatic rings. The van der Waals surface area contributed by atoms with Gasteiger partial charge in [-0.25, -0.2) is 0 Å². The van der Waals surface area contributed by atoms with Crippen LogP contribution in [0.5, 0.6) is 0 Å². The van der Waals surface area contributed by atoms with Gasteiger partial charge in [-0.15, -0.1) is 0 Å². The molecule has 0 radical (unpaired) electrons. The summed E-state index contributed by atoms with van der Waals surface area (Å²) in [5.41, 5.74) is -0.667. The first-order valence-corrected chi connectivity index (χ1v) is 8.45. The Labute approximate surface area is 129 Å². The van der Waals surface area contributed by atoms with Gasteiger partial charge < -0.3 is 19.7 Å². The van der Waals surface area contributed by atoms with Gasteiger partial charge in [0.2, 0.25) is 0 Å². The Morgan fingerprint density at radius 1 is 1.05 bits per heavy atom. The quantitative estimate of drug-likeness (QED) is 0.759. The van der Waals surface area contributed by atoms with Crippen molar-refractivity contribution < 1.29 is 19.7 Å². The first-order valence-electron chi connectivity index (χ1n) is 8.45. The van der Waals surface area contributed by atoms with Crippen molar-refractivity contribution in [2.45, 2.75) is 65.6 Å². The summed E-state index contributed by atoms with van der Waals surface area (Å²) in [6.07, 6.45) is 4.41. The second-order valence-corrected chi connectivity index (χ2v) is 6.97. The zero-order valence-corrected chi connectivity index (χ0v) is 14.2. The highest BCUT2D eigenvalue weighted by atomic mass is 16.5. The Morgan fingerprint density at radius 3 is 2.19 bits per heavy atom. The molecule has 1 rings (SSSR count). The molecule has 1 saturated heterocycles. The highest BCUT2D eigenvalue weighted by Gasteiger charge is 2.36. The second-order valence-electron chi connectivity index (χ2n) is 6.97. The summed E-state index contributed by atoms with van der Waals surface area (Å²) < 4.78 is 12.2. The average molecular weight is 302 g/mol. The fraction of sp³-hybridized carbons (Fsp3) is 1.00. The fourth-order valence-corrected chi connectivity index (χ4v) is 2.69. The van der Waals surface area contributed by atoms with E-state index in [1.807, 2.05) is 0 Å². The number of ether oxygens (including phenoxy) is 2. The van der Waals surface area contributed by atoms with Crippen LogP contribution < -0.4 is 0 Å². The van der Waals surface area contributed by atoms with Gasteiger partial charge in [0.15, 0.2) is 0 Å². The Morgan fingerprint density at radius 2 is 1.67 bits per heavy atom. The Bertz CT molecular complexity index is 278. The van der Waals surface area contributed by atoms with Gasteiger partial charge in [0, 0.05) is 6.42 Å². The van der Waals surface area contributed by atoms with Crippen molar-refractivity contribution in [3.63, 3.8) is 0 Å². The van der Waals surface area contributed by atoms with E-state index >= 15 is 0 Å². The molecule has 1 heterocycles. The molecular formula is C17H34O4. The van der Waals surface area contributed by atoms with Crippen molar-refractivity contribution >= 4 is 0 Å². The van der Waals surface area contributed by atoms with Gasteiger partial charge in [-0.1, -0.05) is 40.5 Å². The van der Waals surface area contributed by atoms with Gasteiger partial charge in [0.1, 0.15) is 0 Å². The highest BCUT2D eigenvalue weighted by molar-refractivity contribution is 4.83. The lowest BCUT2D eigenvalue weighted by Gasteiger charge is -2.39. The number of aliphatic hydroxyl groups is 2. The molecule has 21 heavy (non-hydrogen) atoms. The number of hydrogen-bond donors (Lipinski definition) is 2. The van der Waals surface area contributed by atoms with E-state index in [4.69, 9.17) is 9.47 Å². The van der Waals surface area contributed by atoms with Crippen molar-refractivity contribution in [1.29, 1.82) is 0 Å². The molecule has 1 aliphatic heterocycles. The van der Waals surface area contributed by atoms with E-state index in [-0.39, 0.29) is 25.4 Å². The average Bonchev–Trinajstić information content (AvgIpc) is 2.50. The molecular weight excluding hydrogens is 268 g/mol. The molecule has 126 valence electrons. The second kappa shape index (κ2) is 9.09. The summed E-state index contributed by atoms with van der Waals surface area (Å²) in [6, 6.07) is 0. The summed E-state index contributed by atoms with van der Waals surface area (Å²) >= 11 is 0. The molecule has 4 heteroatoms. The van der Waals surface area contributed by atoms with Gasteiger partial charge in [0.25, 0.3) is 0 Å². The van der Waals surface area contributed by atoms with Crippen LogP contribution in [-0.2, 0) is 9.47 Å². The molecule has 0 amide bonds. The van der Waals surface area contributed by atoms with E-state index < -0.39 is 5.41 Å². The summed E-state index contributed by atoms with van der Waals surface area (Å²) in [7, 11) is 0. The minimum Gasteiger partial charge on any atom is -0.396 e. The van der Waals surface area contributed by atoms with Crippen LogP contribution in [-0.4, -0.2) is 48.8 Å². The Kier molecular flexibility index (Phi) is 8.17. The van der Waals surface area contributed by atoms with Crippen molar-refractivity contribution in [2.75, 3.05) is 26.4 Å². The third-order valence-corrected chi connectivity index (χ3v) is 5.04. The highest BCUT2D eigenvalue weighted by Crippen LogP contribution is 2.29. The molecule has 0 aliphatic carbocycles. The Hall–Kier alpha value is -0.160. The topological polar surface area (TPSA) is 58.9 Å². The van der Waals surface area contributed by atoms with Crippen molar-refractivity contribution in [3.05, 3.63) is 0 Å². The van der Waals surface area contributed by atoms with Gasteiger partial charge in [-0.05, 0) is 18.3 Å². The maximum absolute atomic E-state index is 9.63. The van der Waals surface area contributed by atoms with E-state index in [2.05, 4.69) is 27.7 Å². The van der Waals surface area contributed by atoms with Gasteiger partial charge in [-0.2, -0.15) is 0 Å². The van der Waals surface area contributed by atoms with Crippen LogP contribution in [0.15, 0.2) is 0 Å². The number of aliphatic hydroxyl groups excluding tert-OH is 2. The molecule has 1 fully saturated rings. The van der Waals surface area contributed by atoms with E-state index in [1.54, 1.807) is 0 Å². The zero-order valence-electron chi connectivity index (χ0n) is 14.2. The van der Waals surface area contributed by atoms with Crippen molar-refractivity contribution in [1.82, 2.24) is 0 Å². The van der Waals surface area contributed by atoms with Crippen molar-refractivity contribution in [3.8, 4) is 0 Å². The molecule has 0 aromatic carbocycles. The minimum atomic E-state index is -0.667. The van der Waals surface area contributed by atoms with Crippen LogP contribution in [0.1, 0.15) is 53.4 Å². The standard InChI is InChI=1S/C17H34O4/c1-5-13(3)7-15-8-16(14(4)6-2)21-12-17(9-18,10-19)11-20-15/h13-16,18-19H,5-12H2,1-4H3/t13-,14?,15?,16?/m0/s1. The largest absolute Gasteiger partial charge is 0.396 e. The molecule has 2 N–H and O–H groups in total. The molecule has 4 nitrogen and oxygen atoms in total. The predicted octanol–water partition coefficient (Wildman–Crippen LogP) is 2.61. The monoisotopic (exact) mass is 302 g/mol. The van der Waals surface area contributed by atoms with Crippen LogP contribution >= 0.6 is 0 Å². The van der Waals surface area contributed by atoms with Gasteiger partial charge in [0.05, 0.1) is 44.1 Å². The van der Waals surface area contributed by atoms with E-state index in [0.717, 1.165) is 25.7 Å². The predicted molar refractivity (Wildman–Crippen MR) is 84.2 cm³/mol. The zero-order chi connectivity index (χ0) is 15.9. The van der Waals surface area contributed by atoms with Crippen LogP contribution in [0, 0.1) is 17.3 Å². The molecule has 0 saturated carbocycles. The van der Waals surface area contributed by atoms with Crippen LogP contribution in [0.25, 0.3) is 0 Å². The minimum absolute atomic E-state index is 0.104. The van der Waals surface area contributed by atoms with Crippen LogP contribution in [0.4, 0.5) is 0 Å². The smallest absolute Gasteiger partial charge is 0.0632 e. The van der Waals surface area contributed by atoms with Gasteiger partial charge in [-0.3, -0.25) is 0 Å². The third-order valence-electron chi connectivity index (χ3n) is 5.04. The van der Waals surface area contributed by atoms with Crippen LogP contribution in [0.3, 0.4) is 0 Å². The summed E-state index contributed by atoms with van der Waals surface area (Å²) in [4.78, 5) is 0. The summed E-state index contributed by atoms with van der Waals surface area (Å²) in [5.74, 6) is 1.07. The fourth-order valence-electron chi connectivity index (χ4n) is 2.69. The normalized spacial score (nSPS) is 29.4. The van der Waals surface area contributed by atoms with E-state index in [0.29, 0.717) is 25.0 Å². The third kappa shape index (κ3) is 5.51. The maximum Gasteiger partial charge on any atom is 0.0632 e. The lowest BCUT2D eigenvalue weighted by atomic mass is 9.88. The summed E-state index contributed by atoms with van der Waals surface area (Å²) in [6.45, 7) is 9.34. The Balaban J connectivity index is 2.80. The van der Waals surface area contributed by atoms with Crippen LogP contribution in [0.2, 0.25) is 0 Å². The number of rotatable bonds is 7. The lowest BCUT2D eigenvalue weighted by Crippen LogP contribution is -2.46. The SMILES string of the molecule is CCC(C)C1CC(C[C@@H](C)CC)OCC(CO)(CO)CO1. The van der Waals surface area contributed by atoms with E-state index in [1.165, 1.54) is 0 Å². The molecule has 0 spiro atoms. The molecule has 0 aromatic rings. The maximum atomic E-state index is 9.63. The molecule has 4 atom stereocenters. The first kappa shape index (κ1) is 18.9. The molecule has 0 aromatic heterocycles. The number of hydrogen-bond acceptors (Lipinski definition) is 4. The first-order chi connectivity index (χ1) is 10.00. The van der Waals surface area contributed by atoms with Crippen molar-refractivity contribution in [2.24, 2.45) is 17.3 Å². The molecule has 3 unspecified atom stereocenters. The summed E-state index contributed by atoms with van der Waals surface area (Å²) in [5, 5.41) is 19.3. The van der Waals surface area contributed by atoms with Gasteiger partial charge >= 0.3 is 0 Å². The lowest BCUT2D eigenvalue weighted by molar-refractivity contribution is -0.156.